The van der Waals surface area contributed by atoms with Crippen LogP contribution in [0.3, 0.4) is 0 Å². The van der Waals surface area contributed by atoms with Gasteiger partial charge in [0, 0.05) is 11.6 Å². The number of hydrogen-bond donors (Lipinski definition) is 0. The van der Waals surface area contributed by atoms with Crippen LogP contribution in [0.4, 0.5) is 0 Å². The van der Waals surface area contributed by atoms with Gasteiger partial charge in [-0.05, 0) is 18.5 Å². The molecule has 1 aromatic carbocycles. The zero-order valence-electron chi connectivity index (χ0n) is 9.13. The highest BCUT2D eigenvalue weighted by atomic mass is 35.5. The summed E-state index contributed by atoms with van der Waals surface area (Å²) in [5, 5.41) is 13.1. The largest absolute Gasteiger partial charge is 0.243 e. The van der Waals surface area contributed by atoms with E-state index in [4.69, 9.17) is 16.9 Å². The van der Waals surface area contributed by atoms with Crippen LogP contribution < -0.4 is 0 Å². The molecular formula is C12H9ClN4. The van der Waals surface area contributed by atoms with Crippen molar-refractivity contribution in [3.63, 3.8) is 0 Å². The third-order valence-electron chi connectivity index (χ3n) is 2.24. The highest BCUT2D eigenvalue weighted by Crippen LogP contribution is 2.18. The average molecular weight is 245 g/mol. The van der Waals surface area contributed by atoms with E-state index in [1.165, 1.54) is 6.08 Å². The normalized spacial score (nSPS) is 11.2. The molecular weight excluding hydrogens is 236 g/mol. The molecule has 0 N–H and O–H groups in total. The van der Waals surface area contributed by atoms with Gasteiger partial charge in [-0.25, -0.2) is 9.67 Å². The molecule has 1 aromatic heterocycles. The lowest BCUT2D eigenvalue weighted by molar-refractivity contribution is 0.863. The Bertz CT molecular complexity index is 593. The first-order valence-corrected chi connectivity index (χ1v) is 5.35. The van der Waals surface area contributed by atoms with Gasteiger partial charge in [-0.3, -0.25) is 0 Å². The van der Waals surface area contributed by atoms with Crippen LogP contribution in [0.2, 0.25) is 5.28 Å². The van der Waals surface area contributed by atoms with Crippen molar-refractivity contribution in [2.75, 3.05) is 0 Å². The fraction of sp³-hybridized carbons (Fsp3) is 0.0833. The number of hydrogen-bond acceptors (Lipinski definition) is 3. The van der Waals surface area contributed by atoms with Gasteiger partial charge in [0.2, 0.25) is 5.28 Å². The van der Waals surface area contributed by atoms with Crippen LogP contribution in [-0.4, -0.2) is 14.8 Å². The summed E-state index contributed by atoms with van der Waals surface area (Å²) in [6.45, 7) is 1.78. The Labute approximate surface area is 104 Å². The molecule has 17 heavy (non-hydrogen) atoms. The van der Waals surface area contributed by atoms with E-state index in [2.05, 4.69) is 10.1 Å². The van der Waals surface area contributed by atoms with Gasteiger partial charge in [-0.2, -0.15) is 5.26 Å². The number of nitriles is 1. The Morgan fingerprint density at radius 3 is 2.65 bits per heavy atom. The zero-order chi connectivity index (χ0) is 12.3. The number of allylic oxidation sites excluding steroid dienone is 1. The highest BCUT2D eigenvalue weighted by Gasteiger charge is 2.10. The first-order chi connectivity index (χ1) is 8.22. The molecule has 1 heterocycles. The molecule has 0 aliphatic heterocycles. The number of aryl methyl sites for hydroxylation is 1. The van der Waals surface area contributed by atoms with Crippen molar-refractivity contribution in [1.29, 1.82) is 5.26 Å². The highest BCUT2D eigenvalue weighted by molar-refractivity contribution is 6.28. The second-order valence-corrected chi connectivity index (χ2v) is 3.70. The number of halogens is 1. The first kappa shape index (κ1) is 11.4. The number of nitrogens with zero attached hydrogens (tertiary/aromatic N) is 4. The minimum atomic E-state index is 0.169. The van der Waals surface area contributed by atoms with Crippen LogP contribution >= 0.6 is 11.6 Å². The minimum Gasteiger partial charge on any atom is -0.215 e. The SMILES string of the molecule is Cc1nc(Cl)nn1/C(=C/C#N)c1ccccc1. The fourth-order valence-corrected chi connectivity index (χ4v) is 1.72. The molecule has 0 radical (unpaired) electrons. The predicted molar refractivity (Wildman–Crippen MR) is 65.2 cm³/mol. The minimum absolute atomic E-state index is 0.169. The van der Waals surface area contributed by atoms with Gasteiger partial charge in [0.1, 0.15) is 5.82 Å². The summed E-state index contributed by atoms with van der Waals surface area (Å²) in [5.74, 6) is 0.639. The summed E-state index contributed by atoms with van der Waals surface area (Å²) in [6.07, 6.45) is 1.42. The van der Waals surface area contributed by atoms with Crippen molar-refractivity contribution in [2.45, 2.75) is 6.92 Å². The van der Waals surface area contributed by atoms with Gasteiger partial charge in [0.25, 0.3) is 0 Å². The molecule has 0 saturated carbocycles. The summed E-state index contributed by atoms with van der Waals surface area (Å²) in [6, 6.07) is 11.5. The fourth-order valence-electron chi connectivity index (χ4n) is 1.52. The summed E-state index contributed by atoms with van der Waals surface area (Å²) in [7, 11) is 0. The van der Waals surface area contributed by atoms with Crippen molar-refractivity contribution >= 4 is 17.3 Å². The van der Waals surface area contributed by atoms with Gasteiger partial charge < -0.3 is 0 Å². The monoisotopic (exact) mass is 244 g/mol. The molecule has 0 fully saturated rings. The lowest BCUT2D eigenvalue weighted by Crippen LogP contribution is -2.03. The van der Waals surface area contributed by atoms with Crippen LogP contribution in [0.25, 0.3) is 5.70 Å². The molecule has 0 amide bonds. The van der Waals surface area contributed by atoms with Crippen LogP contribution in [0.1, 0.15) is 11.4 Å². The van der Waals surface area contributed by atoms with Crippen molar-refractivity contribution in [2.24, 2.45) is 0 Å². The van der Waals surface area contributed by atoms with E-state index in [0.29, 0.717) is 11.5 Å². The van der Waals surface area contributed by atoms with Crippen molar-refractivity contribution in [3.05, 3.63) is 53.1 Å². The zero-order valence-corrected chi connectivity index (χ0v) is 9.89. The maximum atomic E-state index is 8.84. The Morgan fingerprint density at radius 2 is 2.12 bits per heavy atom. The molecule has 0 aliphatic rings. The van der Waals surface area contributed by atoms with Crippen LogP contribution in [0.15, 0.2) is 36.4 Å². The second-order valence-electron chi connectivity index (χ2n) is 3.36. The molecule has 0 atom stereocenters. The van der Waals surface area contributed by atoms with E-state index in [0.717, 1.165) is 5.56 Å². The molecule has 5 heteroatoms. The third-order valence-corrected chi connectivity index (χ3v) is 2.40. The molecule has 2 rings (SSSR count). The Morgan fingerprint density at radius 1 is 1.41 bits per heavy atom. The lowest BCUT2D eigenvalue weighted by atomic mass is 10.1. The molecule has 4 nitrogen and oxygen atoms in total. The summed E-state index contributed by atoms with van der Waals surface area (Å²) in [4.78, 5) is 4.01. The van der Waals surface area contributed by atoms with E-state index in [-0.39, 0.29) is 5.28 Å². The second kappa shape index (κ2) is 4.81. The number of aromatic nitrogens is 3. The quantitative estimate of drug-likeness (QED) is 0.763. The van der Waals surface area contributed by atoms with Crippen molar-refractivity contribution in [1.82, 2.24) is 14.8 Å². The molecule has 0 aliphatic carbocycles. The van der Waals surface area contributed by atoms with E-state index in [1.807, 2.05) is 36.4 Å². The van der Waals surface area contributed by atoms with Gasteiger partial charge in [-0.15, -0.1) is 5.10 Å². The third kappa shape index (κ3) is 2.35. The Kier molecular flexibility index (Phi) is 3.22. The van der Waals surface area contributed by atoms with E-state index in [1.54, 1.807) is 11.6 Å². The summed E-state index contributed by atoms with van der Waals surface area (Å²) in [5.41, 5.74) is 1.55. The molecule has 2 aromatic rings. The number of rotatable bonds is 2. The first-order valence-electron chi connectivity index (χ1n) is 4.97. The van der Waals surface area contributed by atoms with E-state index in [9.17, 15) is 0 Å². The smallest absolute Gasteiger partial charge is 0.215 e. The van der Waals surface area contributed by atoms with Crippen LogP contribution in [0.5, 0.6) is 0 Å². The van der Waals surface area contributed by atoms with Crippen molar-refractivity contribution < 1.29 is 0 Å². The molecule has 0 saturated heterocycles. The Hall–Kier alpha value is -2.12. The lowest BCUT2D eigenvalue weighted by Gasteiger charge is -2.07. The van der Waals surface area contributed by atoms with Crippen LogP contribution in [-0.2, 0) is 0 Å². The van der Waals surface area contributed by atoms with E-state index < -0.39 is 0 Å². The maximum absolute atomic E-state index is 8.84. The van der Waals surface area contributed by atoms with Gasteiger partial charge in [0.15, 0.2) is 0 Å². The Balaban J connectivity index is 2.56. The molecule has 0 bridgehead atoms. The predicted octanol–water partition coefficient (Wildman–Crippen LogP) is 2.65. The molecule has 84 valence electrons. The maximum Gasteiger partial charge on any atom is 0.243 e. The topological polar surface area (TPSA) is 54.5 Å². The molecule has 0 spiro atoms. The van der Waals surface area contributed by atoms with Crippen molar-refractivity contribution in [3.8, 4) is 6.07 Å². The van der Waals surface area contributed by atoms with Gasteiger partial charge in [-0.1, -0.05) is 30.3 Å². The standard InChI is InChI=1S/C12H9ClN4/c1-9-15-12(13)16-17(9)11(7-8-14)10-5-3-2-4-6-10/h2-7H,1H3/b11-7+. The van der Waals surface area contributed by atoms with Gasteiger partial charge >= 0.3 is 0 Å². The van der Waals surface area contributed by atoms with Crippen LogP contribution in [0, 0.1) is 18.3 Å². The summed E-state index contributed by atoms with van der Waals surface area (Å²) >= 11 is 5.74. The average Bonchev–Trinajstić information content (AvgIpc) is 2.66. The van der Waals surface area contributed by atoms with E-state index >= 15 is 0 Å². The molecule has 0 unspecified atom stereocenters. The summed E-state index contributed by atoms with van der Waals surface area (Å²) < 4.78 is 1.56. The van der Waals surface area contributed by atoms with Gasteiger partial charge in [0.05, 0.1) is 11.8 Å². The number of benzene rings is 1.